The number of benzene rings is 1. The molecule has 0 saturated carbocycles. The van der Waals surface area contributed by atoms with Crippen molar-refractivity contribution in [3.63, 3.8) is 0 Å². The molecule has 1 aromatic heterocycles. The highest BCUT2D eigenvalue weighted by atomic mass is 32.1. The van der Waals surface area contributed by atoms with Gasteiger partial charge in [0.2, 0.25) is 0 Å². The Morgan fingerprint density at radius 3 is 2.50 bits per heavy atom. The highest BCUT2D eigenvalue weighted by molar-refractivity contribution is 7.10. The molecule has 0 aliphatic heterocycles. The third-order valence-corrected chi connectivity index (χ3v) is 3.95. The van der Waals surface area contributed by atoms with E-state index in [-0.39, 0.29) is 12.1 Å². The van der Waals surface area contributed by atoms with E-state index in [1.54, 1.807) is 11.3 Å². The molecule has 1 heterocycles. The van der Waals surface area contributed by atoms with Gasteiger partial charge in [0.05, 0.1) is 0 Å². The summed E-state index contributed by atoms with van der Waals surface area (Å²) in [6.45, 7) is 3.91. The van der Waals surface area contributed by atoms with Crippen LogP contribution in [-0.2, 0) is 0 Å². The topological polar surface area (TPSA) is 12.0 Å². The van der Waals surface area contributed by atoms with Gasteiger partial charge >= 0.3 is 0 Å². The van der Waals surface area contributed by atoms with Crippen molar-refractivity contribution in [3.05, 3.63) is 57.8 Å². The molecular formula is C14H15F2NS. The lowest BCUT2D eigenvalue weighted by molar-refractivity contribution is 0.474. The number of rotatable bonds is 4. The average Bonchev–Trinajstić information content (AvgIpc) is 2.81. The smallest absolute Gasteiger partial charge is 0.130 e. The number of hydrogen-bond donors (Lipinski definition) is 1. The van der Waals surface area contributed by atoms with Gasteiger partial charge in [-0.15, -0.1) is 11.3 Å². The minimum atomic E-state index is -0.547. The fraction of sp³-hybridized carbons (Fsp3) is 0.286. The summed E-state index contributed by atoms with van der Waals surface area (Å²) >= 11 is 1.66. The van der Waals surface area contributed by atoms with Crippen molar-refractivity contribution in [2.45, 2.75) is 25.9 Å². The lowest BCUT2D eigenvalue weighted by Gasteiger charge is -2.20. The Morgan fingerprint density at radius 1 is 1.11 bits per heavy atom. The zero-order valence-electron chi connectivity index (χ0n) is 10.3. The van der Waals surface area contributed by atoms with Crippen LogP contribution in [0.5, 0.6) is 0 Å². The second-order valence-corrected chi connectivity index (χ2v) is 5.27. The van der Waals surface area contributed by atoms with E-state index in [2.05, 4.69) is 5.32 Å². The van der Waals surface area contributed by atoms with Crippen LogP contribution in [0, 0.1) is 11.6 Å². The molecule has 0 bridgehead atoms. The van der Waals surface area contributed by atoms with Gasteiger partial charge in [-0.1, -0.05) is 12.1 Å². The van der Waals surface area contributed by atoms with Gasteiger partial charge in [-0.25, -0.2) is 8.78 Å². The Kier molecular flexibility index (Phi) is 4.09. The van der Waals surface area contributed by atoms with Crippen molar-refractivity contribution in [1.82, 2.24) is 5.32 Å². The van der Waals surface area contributed by atoms with Gasteiger partial charge in [0.25, 0.3) is 0 Å². The lowest BCUT2D eigenvalue weighted by atomic mass is 10.1. The first-order valence-electron chi connectivity index (χ1n) is 5.82. The molecule has 4 heteroatoms. The largest absolute Gasteiger partial charge is 0.303 e. The molecule has 0 fully saturated rings. The van der Waals surface area contributed by atoms with Crippen LogP contribution in [0.4, 0.5) is 8.78 Å². The van der Waals surface area contributed by atoms with Crippen LogP contribution in [0.15, 0.2) is 35.7 Å². The first-order chi connectivity index (χ1) is 8.58. The number of halogens is 2. The van der Waals surface area contributed by atoms with E-state index in [1.807, 2.05) is 31.4 Å². The predicted molar refractivity (Wildman–Crippen MR) is 70.6 cm³/mol. The molecule has 0 radical (unpaired) electrons. The molecule has 0 saturated heterocycles. The summed E-state index contributed by atoms with van der Waals surface area (Å²) in [6, 6.07) is 7.70. The maximum Gasteiger partial charge on any atom is 0.130 e. The third kappa shape index (κ3) is 2.94. The summed E-state index contributed by atoms with van der Waals surface area (Å²) in [5.41, 5.74) is 0.486. The summed E-state index contributed by atoms with van der Waals surface area (Å²) in [5, 5.41) is 5.32. The normalized spacial score (nSPS) is 14.4. The van der Waals surface area contributed by atoms with Crippen LogP contribution in [0.3, 0.4) is 0 Å². The second kappa shape index (κ2) is 5.59. The van der Waals surface area contributed by atoms with Crippen molar-refractivity contribution < 1.29 is 8.78 Å². The highest BCUT2D eigenvalue weighted by Crippen LogP contribution is 2.24. The Hall–Kier alpha value is -1.26. The minimum absolute atomic E-state index is 0.143. The third-order valence-electron chi connectivity index (χ3n) is 2.90. The van der Waals surface area contributed by atoms with Crippen LogP contribution >= 0.6 is 11.3 Å². The van der Waals surface area contributed by atoms with Gasteiger partial charge in [-0.2, -0.15) is 0 Å². The van der Waals surface area contributed by atoms with Gasteiger partial charge in [0, 0.05) is 28.6 Å². The highest BCUT2D eigenvalue weighted by Gasteiger charge is 2.15. The maximum absolute atomic E-state index is 13.6. The molecular weight excluding hydrogens is 252 g/mol. The van der Waals surface area contributed by atoms with E-state index in [0.29, 0.717) is 5.56 Å². The quantitative estimate of drug-likeness (QED) is 0.863. The van der Waals surface area contributed by atoms with Crippen LogP contribution in [0.1, 0.15) is 36.4 Å². The molecule has 2 unspecified atom stereocenters. The molecule has 0 spiro atoms. The van der Waals surface area contributed by atoms with Crippen LogP contribution < -0.4 is 5.32 Å². The van der Waals surface area contributed by atoms with Crippen LogP contribution in [-0.4, -0.2) is 0 Å². The monoisotopic (exact) mass is 267 g/mol. The van der Waals surface area contributed by atoms with E-state index < -0.39 is 11.6 Å². The van der Waals surface area contributed by atoms with Gasteiger partial charge < -0.3 is 5.32 Å². The molecule has 0 aliphatic rings. The van der Waals surface area contributed by atoms with Crippen molar-refractivity contribution >= 4 is 11.3 Å². The first-order valence-corrected chi connectivity index (χ1v) is 6.70. The lowest BCUT2D eigenvalue weighted by Crippen LogP contribution is -2.22. The SMILES string of the molecule is CC(NC(C)c1ccc(F)cc1F)c1cccs1. The standard InChI is InChI=1S/C14H15F2NS/c1-9(12-6-5-11(15)8-13(12)16)17-10(2)14-4-3-7-18-14/h3-10,17H,1-2H3. The molecule has 1 N–H and O–H groups in total. The molecule has 2 atom stereocenters. The minimum Gasteiger partial charge on any atom is -0.303 e. The summed E-state index contributed by atoms with van der Waals surface area (Å²) in [7, 11) is 0. The van der Waals surface area contributed by atoms with E-state index in [4.69, 9.17) is 0 Å². The predicted octanol–water partition coefficient (Wildman–Crippen LogP) is 4.44. The molecule has 2 aromatic rings. The fourth-order valence-electron chi connectivity index (χ4n) is 1.94. The summed E-state index contributed by atoms with van der Waals surface area (Å²) in [6.07, 6.45) is 0. The first kappa shape index (κ1) is 13.2. The number of hydrogen-bond acceptors (Lipinski definition) is 2. The number of nitrogens with one attached hydrogen (secondary N) is 1. The Labute approximate surface area is 109 Å². The Bertz CT molecular complexity index is 511. The Balaban J connectivity index is 2.10. The van der Waals surface area contributed by atoms with Gasteiger partial charge in [-0.3, -0.25) is 0 Å². The van der Waals surface area contributed by atoms with Crippen molar-refractivity contribution in [2.75, 3.05) is 0 Å². The van der Waals surface area contributed by atoms with Crippen molar-refractivity contribution in [3.8, 4) is 0 Å². The van der Waals surface area contributed by atoms with E-state index >= 15 is 0 Å². The number of thiophene rings is 1. The Morgan fingerprint density at radius 2 is 1.89 bits per heavy atom. The molecule has 18 heavy (non-hydrogen) atoms. The van der Waals surface area contributed by atoms with Crippen molar-refractivity contribution in [2.24, 2.45) is 0 Å². The maximum atomic E-state index is 13.6. The van der Waals surface area contributed by atoms with Gasteiger partial charge in [0.1, 0.15) is 11.6 Å². The van der Waals surface area contributed by atoms with E-state index in [0.717, 1.165) is 6.07 Å². The second-order valence-electron chi connectivity index (χ2n) is 4.29. The fourth-order valence-corrected chi connectivity index (χ4v) is 2.68. The summed E-state index contributed by atoms with van der Waals surface area (Å²) in [5.74, 6) is -1.05. The average molecular weight is 267 g/mol. The molecule has 0 amide bonds. The summed E-state index contributed by atoms with van der Waals surface area (Å²) in [4.78, 5) is 1.20. The molecule has 1 nitrogen and oxygen atoms in total. The zero-order chi connectivity index (χ0) is 13.1. The van der Waals surface area contributed by atoms with E-state index in [1.165, 1.54) is 17.0 Å². The summed E-state index contributed by atoms with van der Waals surface area (Å²) < 4.78 is 26.5. The molecule has 96 valence electrons. The van der Waals surface area contributed by atoms with E-state index in [9.17, 15) is 8.78 Å². The van der Waals surface area contributed by atoms with Crippen molar-refractivity contribution in [1.29, 1.82) is 0 Å². The van der Waals surface area contributed by atoms with Crippen LogP contribution in [0.2, 0.25) is 0 Å². The van der Waals surface area contributed by atoms with Gasteiger partial charge in [0.15, 0.2) is 0 Å². The zero-order valence-corrected chi connectivity index (χ0v) is 11.1. The van der Waals surface area contributed by atoms with Gasteiger partial charge in [-0.05, 0) is 31.4 Å². The molecule has 1 aromatic carbocycles. The molecule has 0 aliphatic carbocycles. The molecule has 2 rings (SSSR count). The van der Waals surface area contributed by atoms with Crippen LogP contribution in [0.25, 0.3) is 0 Å².